The summed E-state index contributed by atoms with van der Waals surface area (Å²) in [7, 11) is 0. The summed E-state index contributed by atoms with van der Waals surface area (Å²) in [6.07, 6.45) is 0. The molecule has 2 heterocycles. The van der Waals surface area contributed by atoms with Crippen LogP contribution in [0.2, 0.25) is 0 Å². The first kappa shape index (κ1) is 30.6. The maximum atomic E-state index is 6.81. The molecule has 0 bridgehead atoms. The fourth-order valence-electron chi connectivity index (χ4n) is 7.37. The van der Waals surface area contributed by atoms with Crippen molar-refractivity contribution in [2.24, 2.45) is 0 Å². The lowest BCUT2D eigenvalue weighted by Gasteiger charge is -2.27. The summed E-state index contributed by atoms with van der Waals surface area (Å²) >= 11 is 0. The van der Waals surface area contributed by atoms with Crippen molar-refractivity contribution < 1.29 is 8.83 Å². The maximum absolute atomic E-state index is 6.81. The van der Waals surface area contributed by atoms with E-state index in [-0.39, 0.29) is 0 Å². The van der Waals surface area contributed by atoms with Crippen LogP contribution in [0.5, 0.6) is 0 Å². The number of hydrogen-bond donors (Lipinski definition) is 0. The van der Waals surface area contributed by atoms with Crippen LogP contribution in [0.4, 0.5) is 17.1 Å². The summed E-state index contributed by atoms with van der Waals surface area (Å²) in [5, 5.41) is 1.99. The summed E-state index contributed by atoms with van der Waals surface area (Å²) in [6.45, 7) is 0. The Labute approximate surface area is 306 Å². The minimum atomic E-state index is 0.558. The number of furan rings is 1. The quantitative estimate of drug-likeness (QED) is 0.168. The van der Waals surface area contributed by atoms with Gasteiger partial charge in [-0.3, -0.25) is 0 Å². The highest BCUT2D eigenvalue weighted by Gasteiger charge is 2.27. The van der Waals surface area contributed by atoms with Crippen LogP contribution in [0.1, 0.15) is 0 Å². The highest BCUT2D eigenvalue weighted by Crippen LogP contribution is 2.48. The molecule has 10 rings (SSSR count). The van der Waals surface area contributed by atoms with E-state index >= 15 is 0 Å². The van der Waals surface area contributed by atoms with Gasteiger partial charge in [0.2, 0.25) is 5.89 Å². The Morgan fingerprint density at radius 2 is 0.925 bits per heavy atom. The third-order valence-electron chi connectivity index (χ3n) is 9.91. The predicted molar refractivity (Wildman–Crippen MR) is 218 cm³/mol. The van der Waals surface area contributed by atoms with Crippen molar-refractivity contribution in [1.82, 2.24) is 4.98 Å². The second-order valence-corrected chi connectivity index (χ2v) is 13.1. The molecule has 0 atom stereocenters. The lowest BCUT2D eigenvalue weighted by atomic mass is 9.93. The standard InChI is InChI=1S/C49H32N2O2/c1-5-15-33(16-6-1)34-25-27-38(28-26-34)51(39-29-30-40(35-17-7-2-8-18-35)42(31-39)36-19-9-3-10-20-36)47-46-45(53-49(50-46)37-21-11-4-12-22-37)32-43-41-23-13-14-24-44(41)52-48(43)47/h1-32H. The Balaban J connectivity index is 1.28. The fraction of sp³-hybridized carbons (Fsp3) is 0. The van der Waals surface area contributed by atoms with Gasteiger partial charge < -0.3 is 13.7 Å². The van der Waals surface area contributed by atoms with Crippen LogP contribution < -0.4 is 4.90 Å². The van der Waals surface area contributed by atoms with Gasteiger partial charge in [0.25, 0.3) is 0 Å². The molecule has 4 heteroatoms. The highest BCUT2D eigenvalue weighted by atomic mass is 16.4. The maximum Gasteiger partial charge on any atom is 0.227 e. The summed E-state index contributed by atoms with van der Waals surface area (Å²) in [5.74, 6) is 0.558. The van der Waals surface area contributed by atoms with Crippen molar-refractivity contribution in [2.45, 2.75) is 0 Å². The second-order valence-electron chi connectivity index (χ2n) is 13.1. The van der Waals surface area contributed by atoms with Gasteiger partial charge in [-0.15, -0.1) is 0 Å². The lowest BCUT2D eigenvalue weighted by Crippen LogP contribution is -2.11. The van der Waals surface area contributed by atoms with Crippen molar-refractivity contribution in [3.63, 3.8) is 0 Å². The molecule has 0 saturated heterocycles. The van der Waals surface area contributed by atoms with Gasteiger partial charge in [-0.25, -0.2) is 4.98 Å². The van der Waals surface area contributed by atoms with E-state index in [4.69, 9.17) is 13.8 Å². The van der Waals surface area contributed by atoms with Crippen molar-refractivity contribution >= 4 is 50.1 Å². The molecule has 0 unspecified atom stereocenters. The van der Waals surface area contributed by atoms with Crippen LogP contribution in [-0.2, 0) is 0 Å². The van der Waals surface area contributed by atoms with E-state index in [1.165, 1.54) is 0 Å². The summed E-state index contributed by atoms with van der Waals surface area (Å²) in [6, 6.07) is 67.4. The average molecular weight is 681 g/mol. The zero-order valence-electron chi connectivity index (χ0n) is 28.7. The van der Waals surface area contributed by atoms with E-state index in [0.717, 1.165) is 83.5 Å². The van der Waals surface area contributed by atoms with Gasteiger partial charge in [-0.1, -0.05) is 146 Å². The molecule has 0 radical (unpaired) electrons. The number of aromatic nitrogens is 1. The summed E-state index contributed by atoms with van der Waals surface area (Å²) < 4.78 is 13.4. The SMILES string of the molecule is c1ccc(-c2ccc(N(c3ccc(-c4ccccc4)c(-c4ccccc4)c3)c3c4nc(-c5ccccc5)oc4cc4c3oc3ccccc34)cc2)cc1. The van der Waals surface area contributed by atoms with Crippen LogP contribution in [0, 0.1) is 0 Å². The van der Waals surface area contributed by atoms with E-state index < -0.39 is 0 Å². The van der Waals surface area contributed by atoms with E-state index in [1.807, 2.05) is 54.6 Å². The van der Waals surface area contributed by atoms with E-state index in [1.54, 1.807) is 0 Å². The number of hydrogen-bond acceptors (Lipinski definition) is 4. The lowest BCUT2D eigenvalue weighted by molar-refractivity contribution is 0.620. The number of para-hydroxylation sites is 1. The zero-order valence-corrected chi connectivity index (χ0v) is 28.7. The first-order valence-electron chi connectivity index (χ1n) is 17.8. The number of nitrogens with zero attached hydrogens (tertiary/aromatic N) is 2. The molecule has 4 nitrogen and oxygen atoms in total. The molecule has 0 amide bonds. The molecule has 250 valence electrons. The number of oxazole rings is 1. The molecule has 0 aliphatic rings. The van der Waals surface area contributed by atoms with Crippen LogP contribution in [0.25, 0.3) is 77.9 Å². The first-order chi connectivity index (χ1) is 26.3. The van der Waals surface area contributed by atoms with Gasteiger partial charge >= 0.3 is 0 Å². The van der Waals surface area contributed by atoms with E-state index in [9.17, 15) is 0 Å². The molecule has 10 aromatic rings. The normalized spacial score (nSPS) is 11.4. The Hall–Kier alpha value is -7.17. The zero-order chi connectivity index (χ0) is 35.1. The van der Waals surface area contributed by atoms with Crippen LogP contribution in [-0.4, -0.2) is 4.98 Å². The molecule has 0 fully saturated rings. The summed E-state index contributed by atoms with van der Waals surface area (Å²) in [4.78, 5) is 7.50. The third-order valence-corrected chi connectivity index (χ3v) is 9.91. The minimum absolute atomic E-state index is 0.558. The number of benzene rings is 8. The number of fused-ring (bicyclic) bond motifs is 4. The molecule has 0 N–H and O–H groups in total. The molecule has 2 aromatic heterocycles. The summed E-state index contributed by atoms with van der Waals surface area (Å²) in [5.41, 5.74) is 13.5. The van der Waals surface area contributed by atoms with Gasteiger partial charge in [0, 0.05) is 27.7 Å². The molecular formula is C49H32N2O2. The Kier molecular flexibility index (Phi) is 7.43. The highest BCUT2D eigenvalue weighted by molar-refractivity contribution is 6.18. The molecular weight excluding hydrogens is 649 g/mol. The molecule has 0 spiro atoms. The van der Waals surface area contributed by atoms with Gasteiger partial charge in [0.15, 0.2) is 11.2 Å². The third kappa shape index (κ3) is 5.45. The predicted octanol–water partition coefficient (Wildman–Crippen LogP) is 13.9. The molecule has 0 saturated carbocycles. The molecule has 0 aliphatic carbocycles. The number of anilines is 3. The van der Waals surface area contributed by atoms with Crippen molar-refractivity contribution in [2.75, 3.05) is 4.90 Å². The van der Waals surface area contributed by atoms with Crippen LogP contribution >= 0.6 is 0 Å². The van der Waals surface area contributed by atoms with Crippen molar-refractivity contribution in [1.29, 1.82) is 0 Å². The van der Waals surface area contributed by atoms with E-state index in [2.05, 4.69) is 144 Å². The van der Waals surface area contributed by atoms with Crippen molar-refractivity contribution in [3.05, 3.63) is 194 Å². The van der Waals surface area contributed by atoms with Crippen LogP contribution in [0.3, 0.4) is 0 Å². The van der Waals surface area contributed by atoms with Crippen molar-refractivity contribution in [3.8, 4) is 44.8 Å². The number of rotatable bonds is 7. The minimum Gasteiger partial charge on any atom is -0.454 e. The van der Waals surface area contributed by atoms with Crippen LogP contribution in [0.15, 0.2) is 203 Å². The fourth-order valence-corrected chi connectivity index (χ4v) is 7.37. The first-order valence-corrected chi connectivity index (χ1v) is 17.8. The second kappa shape index (κ2) is 12.9. The Morgan fingerprint density at radius 1 is 0.377 bits per heavy atom. The van der Waals surface area contributed by atoms with Gasteiger partial charge in [-0.05, 0) is 81.9 Å². The molecule has 8 aromatic carbocycles. The monoisotopic (exact) mass is 680 g/mol. The van der Waals surface area contributed by atoms with Gasteiger partial charge in [0.05, 0.1) is 0 Å². The average Bonchev–Trinajstić information content (AvgIpc) is 3.84. The largest absolute Gasteiger partial charge is 0.454 e. The van der Waals surface area contributed by atoms with E-state index in [0.29, 0.717) is 11.5 Å². The van der Waals surface area contributed by atoms with Gasteiger partial charge in [-0.2, -0.15) is 0 Å². The van der Waals surface area contributed by atoms with Gasteiger partial charge in [0.1, 0.15) is 16.8 Å². The molecule has 53 heavy (non-hydrogen) atoms. The Morgan fingerprint density at radius 3 is 1.60 bits per heavy atom. The topological polar surface area (TPSA) is 42.4 Å². The smallest absolute Gasteiger partial charge is 0.227 e. The Bertz CT molecular complexity index is 2860. The molecule has 0 aliphatic heterocycles.